The first-order valence-corrected chi connectivity index (χ1v) is 7.84. The topological polar surface area (TPSA) is 32.3 Å². The number of carbonyl (C=O) groups excluding carboxylic acids is 1. The molecule has 1 aliphatic rings. The van der Waals surface area contributed by atoms with Gasteiger partial charge in [0, 0.05) is 0 Å². The quantitative estimate of drug-likeness (QED) is 0.614. The SMILES string of the molecule is CCCCCCC[C@H]1NC(=S)N(c2ccccc2)C1=O. The average Bonchev–Trinajstić information content (AvgIpc) is 2.74. The smallest absolute Gasteiger partial charge is 0.255 e. The zero-order valence-electron chi connectivity index (χ0n) is 12.0. The Kier molecular flexibility index (Phi) is 5.53. The highest BCUT2D eigenvalue weighted by molar-refractivity contribution is 7.80. The van der Waals surface area contributed by atoms with E-state index in [-0.39, 0.29) is 11.9 Å². The van der Waals surface area contributed by atoms with E-state index in [9.17, 15) is 4.79 Å². The summed E-state index contributed by atoms with van der Waals surface area (Å²) in [6.45, 7) is 2.21. The van der Waals surface area contributed by atoms with Crippen LogP contribution in [0.15, 0.2) is 30.3 Å². The molecule has 108 valence electrons. The van der Waals surface area contributed by atoms with Crippen LogP contribution < -0.4 is 10.2 Å². The molecule has 2 rings (SSSR count). The molecule has 1 aliphatic heterocycles. The lowest BCUT2D eigenvalue weighted by atomic mass is 10.1. The van der Waals surface area contributed by atoms with Crippen molar-refractivity contribution in [2.24, 2.45) is 0 Å². The Morgan fingerprint density at radius 1 is 1.15 bits per heavy atom. The Hall–Kier alpha value is -1.42. The second kappa shape index (κ2) is 7.39. The fourth-order valence-electron chi connectivity index (χ4n) is 2.50. The predicted octanol–water partition coefficient (Wildman–Crippen LogP) is 3.64. The highest BCUT2D eigenvalue weighted by atomic mass is 32.1. The Morgan fingerprint density at radius 3 is 2.55 bits per heavy atom. The van der Waals surface area contributed by atoms with Gasteiger partial charge < -0.3 is 5.32 Å². The number of hydrogen-bond donors (Lipinski definition) is 1. The summed E-state index contributed by atoms with van der Waals surface area (Å²) in [5.74, 6) is 0.0803. The van der Waals surface area contributed by atoms with Crippen molar-refractivity contribution < 1.29 is 4.79 Å². The molecule has 1 N–H and O–H groups in total. The summed E-state index contributed by atoms with van der Waals surface area (Å²) >= 11 is 5.29. The second-order valence-electron chi connectivity index (χ2n) is 5.21. The Balaban J connectivity index is 1.89. The number of thiocarbonyl (C=S) groups is 1. The van der Waals surface area contributed by atoms with Crippen LogP contribution in [-0.4, -0.2) is 17.1 Å². The molecular formula is C16H22N2OS. The van der Waals surface area contributed by atoms with Gasteiger partial charge in [-0.2, -0.15) is 0 Å². The van der Waals surface area contributed by atoms with Gasteiger partial charge in [0.25, 0.3) is 5.91 Å². The molecule has 4 heteroatoms. The van der Waals surface area contributed by atoms with Crippen molar-refractivity contribution in [3.8, 4) is 0 Å². The van der Waals surface area contributed by atoms with Crippen LogP contribution in [0.5, 0.6) is 0 Å². The van der Waals surface area contributed by atoms with E-state index in [1.165, 1.54) is 25.7 Å². The summed E-state index contributed by atoms with van der Waals surface area (Å²) < 4.78 is 0. The van der Waals surface area contributed by atoms with Gasteiger partial charge in [-0.05, 0) is 30.8 Å². The summed E-state index contributed by atoms with van der Waals surface area (Å²) in [6, 6.07) is 9.45. The lowest BCUT2D eigenvalue weighted by Gasteiger charge is -2.14. The highest BCUT2D eigenvalue weighted by Gasteiger charge is 2.35. The van der Waals surface area contributed by atoms with Gasteiger partial charge in [0.2, 0.25) is 0 Å². The van der Waals surface area contributed by atoms with Gasteiger partial charge in [-0.15, -0.1) is 0 Å². The largest absolute Gasteiger partial charge is 0.350 e. The van der Waals surface area contributed by atoms with E-state index in [4.69, 9.17) is 12.2 Å². The first-order chi connectivity index (χ1) is 9.74. The molecule has 0 bridgehead atoms. The lowest BCUT2D eigenvalue weighted by Crippen LogP contribution is -2.31. The number of nitrogens with one attached hydrogen (secondary N) is 1. The molecule has 0 radical (unpaired) electrons. The first kappa shape index (κ1) is 15.0. The van der Waals surface area contributed by atoms with Gasteiger partial charge in [-0.1, -0.05) is 57.2 Å². The van der Waals surface area contributed by atoms with Gasteiger partial charge >= 0.3 is 0 Å². The summed E-state index contributed by atoms with van der Waals surface area (Å²) in [4.78, 5) is 14.0. The minimum Gasteiger partial charge on any atom is -0.350 e. The van der Waals surface area contributed by atoms with Crippen molar-refractivity contribution in [3.63, 3.8) is 0 Å². The van der Waals surface area contributed by atoms with Crippen molar-refractivity contribution in [3.05, 3.63) is 30.3 Å². The van der Waals surface area contributed by atoms with Crippen molar-refractivity contribution >= 4 is 28.9 Å². The molecule has 1 atom stereocenters. The number of amides is 1. The van der Waals surface area contributed by atoms with Crippen LogP contribution in [0.2, 0.25) is 0 Å². The molecule has 0 aliphatic carbocycles. The van der Waals surface area contributed by atoms with E-state index < -0.39 is 0 Å². The molecule has 3 nitrogen and oxygen atoms in total. The summed E-state index contributed by atoms with van der Waals surface area (Å²) in [5, 5.41) is 3.68. The third-order valence-electron chi connectivity index (χ3n) is 3.63. The fraction of sp³-hybridized carbons (Fsp3) is 0.500. The third-order valence-corrected chi connectivity index (χ3v) is 3.93. The number of unbranched alkanes of at least 4 members (excludes halogenated alkanes) is 4. The second-order valence-corrected chi connectivity index (χ2v) is 5.60. The fourth-order valence-corrected chi connectivity index (χ4v) is 2.84. The average molecular weight is 290 g/mol. The molecule has 1 heterocycles. The van der Waals surface area contributed by atoms with Gasteiger partial charge in [0.15, 0.2) is 5.11 Å². The standard InChI is InChI=1S/C16H22N2OS/c1-2-3-4-5-9-12-14-15(19)18(16(20)17-14)13-10-7-6-8-11-13/h6-8,10-11,14H,2-5,9,12H2,1H3,(H,17,20)/t14-/m1/s1. The minimum absolute atomic E-state index is 0.0803. The van der Waals surface area contributed by atoms with Gasteiger partial charge in [0.05, 0.1) is 5.69 Å². The zero-order chi connectivity index (χ0) is 14.4. The van der Waals surface area contributed by atoms with Crippen molar-refractivity contribution in [2.45, 2.75) is 51.5 Å². The molecule has 20 heavy (non-hydrogen) atoms. The van der Waals surface area contributed by atoms with Crippen LogP contribution in [0.25, 0.3) is 0 Å². The molecule has 1 saturated heterocycles. The Morgan fingerprint density at radius 2 is 1.85 bits per heavy atom. The molecular weight excluding hydrogens is 268 g/mol. The number of rotatable bonds is 7. The van der Waals surface area contributed by atoms with Crippen molar-refractivity contribution in [2.75, 3.05) is 4.90 Å². The van der Waals surface area contributed by atoms with Crippen LogP contribution in [0.1, 0.15) is 45.4 Å². The lowest BCUT2D eigenvalue weighted by molar-refractivity contribution is -0.118. The Labute approximate surface area is 126 Å². The molecule has 0 aromatic heterocycles. The van der Waals surface area contributed by atoms with Crippen molar-refractivity contribution in [1.29, 1.82) is 0 Å². The maximum absolute atomic E-state index is 12.4. The van der Waals surface area contributed by atoms with Gasteiger partial charge in [-0.25, -0.2) is 0 Å². The molecule has 0 saturated carbocycles. The number of nitrogens with zero attached hydrogens (tertiary/aromatic N) is 1. The molecule has 1 fully saturated rings. The number of hydrogen-bond acceptors (Lipinski definition) is 2. The van der Waals surface area contributed by atoms with E-state index in [2.05, 4.69) is 12.2 Å². The number of carbonyl (C=O) groups is 1. The maximum atomic E-state index is 12.4. The van der Waals surface area contributed by atoms with Crippen LogP contribution in [-0.2, 0) is 4.79 Å². The Bertz CT molecular complexity index is 461. The normalized spacial score (nSPS) is 18.4. The van der Waals surface area contributed by atoms with E-state index in [1.807, 2.05) is 30.3 Å². The highest BCUT2D eigenvalue weighted by Crippen LogP contribution is 2.21. The molecule has 0 spiro atoms. The molecule has 0 unspecified atom stereocenters. The summed E-state index contributed by atoms with van der Waals surface area (Å²) in [6.07, 6.45) is 6.91. The third kappa shape index (κ3) is 3.57. The van der Waals surface area contributed by atoms with Crippen LogP contribution in [0.3, 0.4) is 0 Å². The monoisotopic (exact) mass is 290 g/mol. The zero-order valence-corrected chi connectivity index (χ0v) is 12.8. The first-order valence-electron chi connectivity index (χ1n) is 7.43. The van der Waals surface area contributed by atoms with Crippen LogP contribution in [0, 0.1) is 0 Å². The number of anilines is 1. The molecule has 1 amide bonds. The van der Waals surface area contributed by atoms with E-state index >= 15 is 0 Å². The van der Waals surface area contributed by atoms with Crippen molar-refractivity contribution in [1.82, 2.24) is 5.32 Å². The molecule has 1 aromatic rings. The minimum atomic E-state index is -0.149. The predicted molar refractivity (Wildman–Crippen MR) is 86.8 cm³/mol. The van der Waals surface area contributed by atoms with E-state index in [0.29, 0.717) is 5.11 Å². The number of para-hydroxylation sites is 1. The van der Waals surface area contributed by atoms with Crippen LogP contribution >= 0.6 is 12.2 Å². The number of benzene rings is 1. The van der Waals surface area contributed by atoms with E-state index in [1.54, 1.807) is 4.90 Å². The van der Waals surface area contributed by atoms with Gasteiger partial charge in [0.1, 0.15) is 6.04 Å². The van der Waals surface area contributed by atoms with E-state index in [0.717, 1.165) is 18.5 Å². The maximum Gasteiger partial charge on any atom is 0.255 e. The van der Waals surface area contributed by atoms with Gasteiger partial charge in [-0.3, -0.25) is 9.69 Å². The summed E-state index contributed by atoms with van der Waals surface area (Å²) in [7, 11) is 0. The summed E-state index contributed by atoms with van der Waals surface area (Å²) in [5.41, 5.74) is 0.850. The van der Waals surface area contributed by atoms with Crippen LogP contribution in [0.4, 0.5) is 5.69 Å². The molecule has 1 aromatic carbocycles.